The molecule has 0 bridgehead atoms. The molecule has 5 N–H and O–H groups in total. The molecule has 0 aromatic heterocycles. The van der Waals surface area contributed by atoms with Crippen LogP contribution < -0.4 is 16.4 Å². The summed E-state index contributed by atoms with van der Waals surface area (Å²) in [5.74, 6) is -0.0203. The molecule has 7 heteroatoms. The van der Waals surface area contributed by atoms with Crippen LogP contribution >= 0.6 is 0 Å². The van der Waals surface area contributed by atoms with Gasteiger partial charge in [-0.1, -0.05) is 48.5 Å². The van der Waals surface area contributed by atoms with E-state index in [0.717, 1.165) is 29.7 Å². The quantitative estimate of drug-likeness (QED) is 0.382. The van der Waals surface area contributed by atoms with Gasteiger partial charge in [0.25, 0.3) is 5.91 Å². The molecular weight excluding hydrogens is 426 g/mol. The van der Waals surface area contributed by atoms with E-state index in [1.165, 1.54) is 0 Å². The first-order valence-corrected chi connectivity index (χ1v) is 11.8. The highest BCUT2D eigenvalue weighted by Gasteiger charge is 2.20. The molecule has 0 aliphatic carbocycles. The molecule has 1 amide bonds. The molecule has 3 rings (SSSR count). The van der Waals surface area contributed by atoms with Crippen LogP contribution in [0.4, 0.5) is 0 Å². The maximum atomic E-state index is 12.9. The fraction of sp³-hybridized carbons (Fsp3) is 0.370. The number of carbonyl (C=O) groups is 1. The third-order valence-corrected chi connectivity index (χ3v) is 5.97. The summed E-state index contributed by atoms with van der Waals surface area (Å²) in [6.45, 7) is 3.70. The van der Waals surface area contributed by atoms with Crippen molar-refractivity contribution < 1.29 is 9.90 Å². The molecule has 182 valence electrons. The largest absolute Gasteiger partial charge is 0.387 e. The Kier molecular flexibility index (Phi) is 9.42. The molecule has 34 heavy (non-hydrogen) atoms. The molecule has 1 heterocycles. The van der Waals surface area contributed by atoms with E-state index in [0.29, 0.717) is 18.7 Å². The second kappa shape index (κ2) is 12.5. The molecule has 0 radical (unpaired) electrons. The molecule has 0 fully saturated rings. The minimum absolute atomic E-state index is 0.0203. The van der Waals surface area contributed by atoms with Crippen LogP contribution in [0.25, 0.3) is 0 Å². The first-order valence-electron chi connectivity index (χ1n) is 11.8. The maximum absolute atomic E-state index is 12.9. The standard InChI is InChI=1S/C27H37N5O2/c1-20(28)32-19-22(11-14-26(32)29-2)18-31(3)27(34)24-12-9-21(10-13-24)15-16-30-17-25(33)23-7-5-4-6-8-23/h4-14,19-20,25-26,29-30,33H,15-18,28H2,1-3H3. The fourth-order valence-corrected chi connectivity index (χ4v) is 3.98. The van der Waals surface area contributed by atoms with Gasteiger partial charge in [0.15, 0.2) is 0 Å². The number of benzene rings is 2. The van der Waals surface area contributed by atoms with E-state index in [9.17, 15) is 9.90 Å². The number of nitrogens with zero attached hydrogens (tertiary/aromatic N) is 2. The first kappa shape index (κ1) is 25.6. The van der Waals surface area contributed by atoms with Crippen molar-refractivity contribution in [1.29, 1.82) is 0 Å². The summed E-state index contributed by atoms with van der Waals surface area (Å²) in [5, 5.41) is 16.7. The van der Waals surface area contributed by atoms with Gasteiger partial charge in [0, 0.05) is 31.9 Å². The second-order valence-electron chi connectivity index (χ2n) is 8.72. The Morgan fingerprint density at radius 3 is 2.53 bits per heavy atom. The third kappa shape index (κ3) is 7.01. The Bertz CT molecular complexity index is 972. The minimum Gasteiger partial charge on any atom is -0.387 e. The zero-order valence-electron chi connectivity index (χ0n) is 20.3. The number of nitrogens with two attached hydrogens (primary N) is 1. The zero-order valence-corrected chi connectivity index (χ0v) is 20.3. The minimum atomic E-state index is -0.518. The number of nitrogens with one attached hydrogen (secondary N) is 2. The van der Waals surface area contributed by atoms with Crippen LogP contribution in [0.1, 0.15) is 34.5 Å². The van der Waals surface area contributed by atoms with Gasteiger partial charge in [0.05, 0.1) is 18.4 Å². The average Bonchev–Trinajstić information content (AvgIpc) is 2.86. The van der Waals surface area contributed by atoms with E-state index in [-0.39, 0.29) is 18.2 Å². The summed E-state index contributed by atoms with van der Waals surface area (Å²) in [5.41, 5.74) is 9.83. The van der Waals surface area contributed by atoms with Crippen LogP contribution in [-0.4, -0.2) is 66.9 Å². The molecule has 1 aliphatic rings. The zero-order chi connectivity index (χ0) is 24.5. The molecule has 0 saturated carbocycles. The number of hydrogen-bond acceptors (Lipinski definition) is 6. The van der Waals surface area contributed by atoms with E-state index in [1.807, 2.05) is 92.8 Å². The smallest absolute Gasteiger partial charge is 0.253 e. The lowest BCUT2D eigenvalue weighted by molar-refractivity contribution is 0.0806. The Morgan fingerprint density at radius 1 is 1.18 bits per heavy atom. The van der Waals surface area contributed by atoms with Crippen LogP contribution in [-0.2, 0) is 6.42 Å². The number of carbonyl (C=O) groups excluding carboxylic acids is 1. The van der Waals surface area contributed by atoms with Crippen LogP contribution in [0, 0.1) is 0 Å². The van der Waals surface area contributed by atoms with E-state index >= 15 is 0 Å². The van der Waals surface area contributed by atoms with E-state index in [2.05, 4.69) is 16.7 Å². The van der Waals surface area contributed by atoms with Gasteiger partial charge in [-0.15, -0.1) is 0 Å². The van der Waals surface area contributed by atoms with Crippen molar-refractivity contribution in [3.63, 3.8) is 0 Å². The number of likely N-dealkylation sites (N-methyl/N-ethyl adjacent to an activating group) is 2. The molecule has 0 saturated heterocycles. The van der Waals surface area contributed by atoms with Crippen molar-refractivity contribution >= 4 is 5.91 Å². The molecule has 2 aromatic rings. The SMILES string of the molecule is CNC1C=CC(CN(C)C(=O)c2ccc(CCNCC(O)c3ccccc3)cc2)=CN1C(C)N. The first-order chi connectivity index (χ1) is 16.4. The molecular formula is C27H37N5O2. The Labute approximate surface area is 202 Å². The lowest BCUT2D eigenvalue weighted by atomic mass is 10.1. The molecule has 2 aromatic carbocycles. The Balaban J connectivity index is 1.47. The number of hydrogen-bond donors (Lipinski definition) is 4. The second-order valence-corrected chi connectivity index (χ2v) is 8.72. The van der Waals surface area contributed by atoms with Gasteiger partial charge in [-0.05, 0) is 61.8 Å². The van der Waals surface area contributed by atoms with E-state index in [1.54, 1.807) is 4.90 Å². The predicted molar refractivity (Wildman–Crippen MR) is 137 cm³/mol. The van der Waals surface area contributed by atoms with E-state index < -0.39 is 6.10 Å². The average molecular weight is 464 g/mol. The maximum Gasteiger partial charge on any atom is 0.253 e. The predicted octanol–water partition coefficient (Wildman–Crippen LogP) is 2.23. The molecule has 3 unspecified atom stereocenters. The van der Waals surface area contributed by atoms with Gasteiger partial charge >= 0.3 is 0 Å². The van der Waals surface area contributed by atoms with E-state index in [4.69, 9.17) is 5.73 Å². The van der Waals surface area contributed by atoms with Crippen molar-refractivity contribution in [3.05, 3.63) is 95.2 Å². The van der Waals surface area contributed by atoms with Gasteiger partial charge in [0.2, 0.25) is 0 Å². The van der Waals surface area contributed by atoms with Crippen molar-refractivity contribution in [2.24, 2.45) is 5.73 Å². The summed E-state index contributed by atoms with van der Waals surface area (Å²) in [6.07, 6.45) is 6.32. The summed E-state index contributed by atoms with van der Waals surface area (Å²) in [6, 6.07) is 17.4. The van der Waals surface area contributed by atoms with Gasteiger partial charge in [-0.2, -0.15) is 0 Å². The monoisotopic (exact) mass is 463 g/mol. The number of rotatable bonds is 11. The molecule has 1 aliphatic heterocycles. The summed E-state index contributed by atoms with van der Waals surface area (Å²) < 4.78 is 0. The highest BCUT2D eigenvalue weighted by atomic mass is 16.3. The fourth-order valence-electron chi connectivity index (χ4n) is 3.98. The van der Waals surface area contributed by atoms with Gasteiger partial charge < -0.3 is 26.0 Å². The molecule has 0 spiro atoms. The van der Waals surface area contributed by atoms with Gasteiger partial charge in [-0.3, -0.25) is 10.1 Å². The van der Waals surface area contributed by atoms with Crippen LogP contribution in [0.2, 0.25) is 0 Å². The number of aliphatic hydroxyl groups is 1. The van der Waals surface area contributed by atoms with Crippen molar-refractivity contribution in [1.82, 2.24) is 20.4 Å². The molecule has 3 atom stereocenters. The van der Waals surface area contributed by atoms with Crippen LogP contribution in [0.3, 0.4) is 0 Å². The van der Waals surface area contributed by atoms with Crippen molar-refractivity contribution in [3.8, 4) is 0 Å². The highest BCUT2D eigenvalue weighted by molar-refractivity contribution is 5.94. The van der Waals surface area contributed by atoms with Gasteiger partial charge in [-0.25, -0.2) is 0 Å². The summed E-state index contributed by atoms with van der Waals surface area (Å²) in [7, 11) is 3.71. The van der Waals surface area contributed by atoms with Crippen molar-refractivity contribution in [2.75, 3.05) is 33.7 Å². The normalized spacial score (nSPS) is 17.3. The summed E-state index contributed by atoms with van der Waals surface area (Å²) >= 11 is 0. The summed E-state index contributed by atoms with van der Waals surface area (Å²) in [4.78, 5) is 16.7. The lowest BCUT2D eigenvalue weighted by Gasteiger charge is -2.35. The van der Waals surface area contributed by atoms with Crippen LogP contribution in [0.5, 0.6) is 0 Å². The topological polar surface area (TPSA) is 93.9 Å². The van der Waals surface area contributed by atoms with Gasteiger partial charge in [0.1, 0.15) is 0 Å². The number of aliphatic hydroxyl groups excluding tert-OH is 1. The number of amides is 1. The van der Waals surface area contributed by atoms with Crippen molar-refractivity contribution in [2.45, 2.75) is 31.8 Å². The third-order valence-electron chi connectivity index (χ3n) is 5.97. The Hall–Kier alpha value is -2.97. The highest BCUT2D eigenvalue weighted by Crippen LogP contribution is 2.16. The Morgan fingerprint density at radius 2 is 1.88 bits per heavy atom. The van der Waals surface area contributed by atoms with Crippen LogP contribution in [0.15, 0.2) is 78.5 Å². The lowest BCUT2D eigenvalue weighted by Crippen LogP contribution is -2.49. The molecule has 7 nitrogen and oxygen atoms in total.